The van der Waals surface area contributed by atoms with Gasteiger partial charge in [0.1, 0.15) is 0 Å². The summed E-state index contributed by atoms with van der Waals surface area (Å²) in [4.78, 5) is 0. The molecule has 0 saturated carbocycles. The van der Waals surface area contributed by atoms with E-state index in [2.05, 4.69) is 75.0 Å². The average molecular weight is 297 g/mol. The summed E-state index contributed by atoms with van der Waals surface area (Å²) in [5.74, 6) is 1.66. The van der Waals surface area contributed by atoms with Crippen LogP contribution < -0.4 is 0 Å². The summed E-state index contributed by atoms with van der Waals surface area (Å²) in [6, 6.07) is 0. The highest BCUT2D eigenvalue weighted by Gasteiger charge is 2.47. The molecule has 0 N–H and O–H groups in total. The Labute approximate surface area is 128 Å². The lowest BCUT2D eigenvalue weighted by Gasteiger charge is -2.43. The van der Waals surface area contributed by atoms with Gasteiger partial charge in [-0.25, -0.2) is 0 Å². The molecule has 0 amide bonds. The van der Waals surface area contributed by atoms with Gasteiger partial charge < -0.3 is 4.43 Å². The summed E-state index contributed by atoms with van der Waals surface area (Å²) in [5.41, 5.74) is 3.02. The van der Waals surface area contributed by atoms with E-state index >= 15 is 0 Å². The molecule has 0 aliphatic carbocycles. The molecule has 0 unspecified atom stereocenters. The summed E-state index contributed by atoms with van der Waals surface area (Å²) in [6.45, 7) is 24.6. The maximum atomic E-state index is 6.78. The van der Waals surface area contributed by atoms with Gasteiger partial charge in [0.15, 0.2) is 0 Å². The van der Waals surface area contributed by atoms with E-state index in [4.69, 9.17) is 4.43 Å². The van der Waals surface area contributed by atoms with E-state index in [1.807, 2.05) is 0 Å². The van der Waals surface area contributed by atoms with E-state index in [1.54, 1.807) is 0 Å². The molecule has 0 radical (unpaired) electrons. The summed E-state index contributed by atoms with van der Waals surface area (Å²) in [5, 5.41) is 0. The van der Waals surface area contributed by atoms with Crippen LogP contribution in [0.25, 0.3) is 0 Å². The molecule has 0 aromatic rings. The van der Waals surface area contributed by atoms with E-state index in [9.17, 15) is 0 Å². The van der Waals surface area contributed by atoms with Crippen molar-refractivity contribution in [2.45, 2.75) is 85.4 Å². The molecule has 1 nitrogen and oxygen atoms in total. The fraction of sp³-hybridized carbons (Fsp3) is 0.778. The monoisotopic (exact) mass is 296 g/mol. The third-order valence-corrected chi connectivity index (χ3v) is 10.0. The maximum absolute atomic E-state index is 6.78. The van der Waals surface area contributed by atoms with Crippen LogP contribution in [0.5, 0.6) is 0 Å². The van der Waals surface area contributed by atoms with Crippen LogP contribution in [0.3, 0.4) is 0 Å². The van der Waals surface area contributed by atoms with Crippen molar-refractivity contribution in [1.29, 1.82) is 0 Å². The Bertz CT molecular complexity index is 316. The molecule has 0 saturated heterocycles. The topological polar surface area (TPSA) is 9.23 Å². The van der Waals surface area contributed by atoms with Crippen LogP contribution in [0.15, 0.2) is 24.0 Å². The first-order valence-corrected chi connectivity index (χ1v) is 10.2. The second-order valence-corrected chi connectivity index (χ2v) is 12.8. The van der Waals surface area contributed by atoms with E-state index in [1.165, 1.54) is 5.57 Å². The van der Waals surface area contributed by atoms with Crippen molar-refractivity contribution in [1.82, 2.24) is 0 Å². The highest BCUT2D eigenvalue weighted by molar-refractivity contribution is 6.77. The summed E-state index contributed by atoms with van der Waals surface area (Å²) in [6.07, 6.45) is 3.16. The lowest BCUT2D eigenvalue weighted by atomic mass is 10.1. The Morgan fingerprint density at radius 1 is 0.950 bits per heavy atom. The number of hydrogen-bond acceptors (Lipinski definition) is 1. The molecule has 0 aliphatic rings. The van der Waals surface area contributed by atoms with E-state index in [0.29, 0.717) is 22.5 Å². The number of hydrogen-bond donors (Lipinski definition) is 0. The van der Waals surface area contributed by atoms with Crippen molar-refractivity contribution in [3.63, 3.8) is 0 Å². The van der Waals surface area contributed by atoms with Crippen molar-refractivity contribution in [2.24, 2.45) is 5.92 Å². The van der Waals surface area contributed by atoms with Gasteiger partial charge >= 0.3 is 0 Å². The fourth-order valence-electron chi connectivity index (χ4n) is 3.38. The molecule has 0 aromatic carbocycles. The second-order valence-electron chi connectivity index (χ2n) is 7.43. The van der Waals surface area contributed by atoms with Crippen LogP contribution in [0.1, 0.15) is 68.7 Å². The molecular formula is C18H36OSi. The lowest BCUT2D eigenvalue weighted by Crippen LogP contribution is -2.47. The van der Waals surface area contributed by atoms with Gasteiger partial charge in [0.25, 0.3) is 8.32 Å². The van der Waals surface area contributed by atoms with E-state index in [0.717, 1.165) is 12.2 Å². The first-order valence-electron chi connectivity index (χ1n) is 8.08. The summed E-state index contributed by atoms with van der Waals surface area (Å²) >= 11 is 0. The SMILES string of the molecule is C=C(C)C/C(=C/C(C)C)O[Si](C(C)C)(C(C)C)C(C)C. The molecular weight excluding hydrogens is 260 g/mol. The predicted octanol–water partition coefficient (Wildman–Crippen LogP) is 6.68. The van der Waals surface area contributed by atoms with Gasteiger partial charge in [-0.1, -0.05) is 67.5 Å². The van der Waals surface area contributed by atoms with Crippen LogP contribution in [0.2, 0.25) is 16.6 Å². The number of allylic oxidation sites excluding steroid dienone is 2. The first kappa shape index (κ1) is 19.5. The Morgan fingerprint density at radius 3 is 1.60 bits per heavy atom. The fourth-order valence-corrected chi connectivity index (χ4v) is 8.68. The second kappa shape index (κ2) is 8.07. The minimum atomic E-state index is -1.83. The minimum absolute atomic E-state index is 0.516. The summed E-state index contributed by atoms with van der Waals surface area (Å²) < 4.78 is 6.78. The normalized spacial score (nSPS) is 13.8. The molecule has 20 heavy (non-hydrogen) atoms. The Kier molecular flexibility index (Phi) is 7.86. The molecule has 0 rings (SSSR count). The molecule has 0 aromatic heterocycles. The largest absolute Gasteiger partial charge is 0.546 e. The van der Waals surface area contributed by atoms with Gasteiger partial charge in [-0.05, 0) is 35.5 Å². The van der Waals surface area contributed by atoms with Gasteiger partial charge in [0, 0.05) is 6.42 Å². The zero-order valence-corrected chi connectivity index (χ0v) is 16.2. The predicted molar refractivity (Wildman–Crippen MR) is 94.5 cm³/mol. The van der Waals surface area contributed by atoms with Gasteiger partial charge in [-0.2, -0.15) is 0 Å². The minimum Gasteiger partial charge on any atom is -0.546 e. The maximum Gasteiger partial charge on any atom is 0.258 e. The van der Waals surface area contributed by atoms with Gasteiger partial charge in [0.2, 0.25) is 0 Å². The lowest BCUT2D eigenvalue weighted by molar-refractivity contribution is 0.357. The van der Waals surface area contributed by atoms with Crippen LogP contribution >= 0.6 is 0 Å². The van der Waals surface area contributed by atoms with Crippen molar-refractivity contribution < 1.29 is 4.43 Å². The van der Waals surface area contributed by atoms with E-state index in [-0.39, 0.29) is 0 Å². The van der Waals surface area contributed by atoms with E-state index < -0.39 is 8.32 Å². The van der Waals surface area contributed by atoms with Crippen LogP contribution in [0, 0.1) is 5.92 Å². The molecule has 0 bridgehead atoms. The van der Waals surface area contributed by atoms with Crippen molar-refractivity contribution >= 4 is 8.32 Å². The zero-order valence-electron chi connectivity index (χ0n) is 15.2. The summed E-state index contributed by atoms with van der Waals surface area (Å²) in [7, 11) is -1.83. The molecule has 0 spiro atoms. The third-order valence-electron chi connectivity index (χ3n) is 4.01. The molecule has 0 fully saturated rings. The molecule has 118 valence electrons. The average Bonchev–Trinajstić information content (AvgIpc) is 2.21. The molecule has 2 heteroatoms. The van der Waals surface area contributed by atoms with Crippen molar-refractivity contribution in [2.75, 3.05) is 0 Å². The smallest absolute Gasteiger partial charge is 0.258 e. The Hall–Kier alpha value is -0.503. The van der Waals surface area contributed by atoms with Crippen molar-refractivity contribution in [3.8, 4) is 0 Å². The Balaban J connectivity index is 5.54. The quantitative estimate of drug-likeness (QED) is 0.275. The van der Waals surface area contributed by atoms with Crippen LogP contribution in [-0.4, -0.2) is 8.32 Å². The van der Waals surface area contributed by atoms with Crippen LogP contribution in [-0.2, 0) is 4.43 Å². The standard InChI is InChI=1S/C18H36OSi/c1-13(2)11-18(12-14(3)4)19-20(15(5)6,16(7)8)17(9)10/h12,14-17H,1,11H2,2-10H3/b18-12-. The Morgan fingerprint density at radius 2 is 1.35 bits per heavy atom. The molecule has 0 heterocycles. The first-order chi connectivity index (χ1) is 9.03. The van der Waals surface area contributed by atoms with Gasteiger partial charge in [0.05, 0.1) is 5.76 Å². The van der Waals surface area contributed by atoms with Gasteiger partial charge in [-0.3, -0.25) is 0 Å². The third kappa shape index (κ3) is 5.12. The zero-order chi connectivity index (χ0) is 16.1. The highest BCUT2D eigenvalue weighted by atomic mass is 28.4. The molecule has 0 atom stereocenters. The van der Waals surface area contributed by atoms with Gasteiger partial charge in [-0.15, -0.1) is 0 Å². The van der Waals surface area contributed by atoms with Crippen LogP contribution in [0.4, 0.5) is 0 Å². The highest BCUT2D eigenvalue weighted by Crippen LogP contribution is 2.44. The molecule has 0 aliphatic heterocycles. The van der Waals surface area contributed by atoms with Crippen molar-refractivity contribution in [3.05, 3.63) is 24.0 Å². The number of rotatable bonds is 8.